The third kappa shape index (κ3) is 4.46. The second-order valence-corrected chi connectivity index (χ2v) is 6.88. The fraction of sp³-hybridized carbons (Fsp3) is 0.143. The van der Waals surface area contributed by atoms with Gasteiger partial charge in [-0.1, -0.05) is 17.7 Å². The first-order chi connectivity index (χ1) is 13.8. The van der Waals surface area contributed by atoms with Crippen LogP contribution in [-0.2, 0) is 11.2 Å². The number of carbonyl (C=O) groups is 2. The van der Waals surface area contributed by atoms with Crippen LogP contribution in [0.15, 0.2) is 48.5 Å². The Balaban J connectivity index is 1.71. The standard InChI is InChI=1S/C21H18ClF2N3O2/c1-12-10-16(13(2)27(12)15-8-6-14(23)7-9-15)21(29)26-25-20(28)11-17-18(22)4-3-5-19(17)24/h3-10H,11H2,1-2H3,(H,25,28)(H,26,29). The van der Waals surface area contributed by atoms with Gasteiger partial charge in [0.25, 0.3) is 5.91 Å². The molecule has 0 fully saturated rings. The number of halogens is 3. The number of aryl methyl sites for hydroxylation is 1. The minimum Gasteiger partial charge on any atom is -0.318 e. The highest BCUT2D eigenvalue weighted by molar-refractivity contribution is 6.31. The summed E-state index contributed by atoms with van der Waals surface area (Å²) in [4.78, 5) is 24.6. The van der Waals surface area contributed by atoms with Crippen LogP contribution in [0.3, 0.4) is 0 Å². The molecule has 29 heavy (non-hydrogen) atoms. The summed E-state index contributed by atoms with van der Waals surface area (Å²) in [6.07, 6.45) is -0.319. The second-order valence-electron chi connectivity index (χ2n) is 6.48. The van der Waals surface area contributed by atoms with Gasteiger partial charge in [0, 0.05) is 27.7 Å². The maximum Gasteiger partial charge on any atom is 0.271 e. The van der Waals surface area contributed by atoms with Crippen molar-refractivity contribution in [2.75, 3.05) is 0 Å². The van der Waals surface area contributed by atoms with Crippen LogP contribution in [0, 0.1) is 25.5 Å². The quantitative estimate of drug-likeness (QED) is 0.629. The van der Waals surface area contributed by atoms with E-state index in [9.17, 15) is 18.4 Å². The molecule has 150 valence electrons. The highest BCUT2D eigenvalue weighted by Gasteiger charge is 2.18. The summed E-state index contributed by atoms with van der Waals surface area (Å²) in [7, 11) is 0. The van der Waals surface area contributed by atoms with E-state index in [4.69, 9.17) is 11.6 Å². The Morgan fingerprint density at radius 2 is 1.72 bits per heavy atom. The Hall–Kier alpha value is -3.19. The van der Waals surface area contributed by atoms with Crippen molar-refractivity contribution < 1.29 is 18.4 Å². The van der Waals surface area contributed by atoms with E-state index in [0.717, 1.165) is 5.69 Å². The fourth-order valence-corrected chi connectivity index (χ4v) is 3.31. The molecule has 0 aliphatic rings. The molecule has 2 amide bonds. The van der Waals surface area contributed by atoms with Crippen molar-refractivity contribution >= 4 is 23.4 Å². The largest absolute Gasteiger partial charge is 0.318 e. The molecule has 5 nitrogen and oxygen atoms in total. The van der Waals surface area contributed by atoms with Crippen LogP contribution in [0.5, 0.6) is 0 Å². The van der Waals surface area contributed by atoms with E-state index in [1.54, 1.807) is 29.7 Å². The number of nitrogens with one attached hydrogen (secondary N) is 2. The molecule has 3 rings (SSSR count). The summed E-state index contributed by atoms with van der Waals surface area (Å²) in [6, 6.07) is 11.7. The minimum absolute atomic E-state index is 0.0513. The monoisotopic (exact) mass is 417 g/mol. The van der Waals surface area contributed by atoms with E-state index in [1.807, 2.05) is 6.92 Å². The third-order valence-electron chi connectivity index (χ3n) is 4.48. The lowest BCUT2D eigenvalue weighted by atomic mass is 10.1. The number of rotatable bonds is 4. The van der Waals surface area contributed by atoms with E-state index >= 15 is 0 Å². The number of hydrogen-bond donors (Lipinski definition) is 2. The predicted octanol–water partition coefficient (Wildman–Crippen LogP) is 4.03. The first-order valence-corrected chi connectivity index (χ1v) is 9.12. The number of nitrogens with zero attached hydrogens (tertiary/aromatic N) is 1. The Morgan fingerprint density at radius 3 is 2.38 bits per heavy atom. The minimum atomic E-state index is -0.613. The number of amides is 2. The van der Waals surface area contributed by atoms with Gasteiger partial charge in [0.1, 0.15) is 11.6 Å². The van der Waals surface area contributed by atoms with Crippen molar-refractivity contribution in [2.45, 2.75) is 20.3 Å². The van der Waals surface area contributed by atoms with Gasteiger partial charge in [0.15, 0.2) is 0 Å². The molecule has 1 heterocycles. The van der Waals surface area contributed by atoms with Crippen molar-refractivity contribution in [1.29, 1.82) is 0 Å². The van der Waals surface area contributed by atoms with Gasteiger partial charge in [-0.15, -0.1) is 0 Å². The summed E-state index contributed by atoms with van der Waals surface area (Å²) < 4.78 is 28.8. The highest BCUT2D eigenvalue weighted by Crippen LogP contribution is 2.21. The first-order valence-electron chi connectivity index (χ1n) is 8.75. The summed E-state index contributed by atoms with van der Waals surface area (Å²) in [5.41, 5.74) is 7.08. The topological polar surface area (TPSA) is 63.1 Å². The average molecular weight is 418 g/mol. The van der Waals surface area contributed by atoms with E-state index < -0.39 is 17.6 Å². The molecule has 0 bridgehead atoms. The highest BCUT2D eigenvalue weighted by atomic mass is 35.5. The summed E-state index contributed by atoms with van der Waals surface area (Å²) in [5, 5.41) is 0.134. The molecular weight excluding hydrogens is 400 g/mol. The van der Waals surface area contributed by atoms with Crippen LogP contribution in [-0.4, -0.2) is 16.4 Å². The van der Waals surface area contributed by atoms with Gasteiger partial charge in [-0.05, 0) is 56.3 Å². The van der Waals surface area contributed by atoms with E-state index in [0.29, 0.717) is 16.9 Å². The zero-order valence-corrected chi connectivity index (χ0v) is 16.5. The second kappa shape index (κ2) is 8.45. The molecule has 0 unspecified atom stereocenters. The lowest BCUT2D eigenvalue weighted by molar-refractivity contribution is -0.121. The molecule has 0 saturated carbocycles. The van der Waals surface area contributed by atoms with Gasteiger partial charge in [-0.2, -0.15) is 0 Å². The molecular formula is C21H18ClF2N3O2. The van der Waals surface area contributed by atoms with Gasteiger partial charge in [-0.25, -0.2) is 8.78 Å². The van der Waals surface area contributed by atoms with Gasteiger partial charge in [0.05, 0.1) is 12.0 Å². The van der Waals surface area contributed by atoms with Gasteiger partial charge < -0.3 is 4.57 Å². The number of benzene rings is 2. The molecule has 0 spiro atoms. The normalized spacial score (nSPS) is 10.7. The zero-order valence-electron chi connectivity index (χ0n) is 15.7. The van der Waals surface area contributed by atoms with Crippen LogP contribution in [0.1, 0.15) is 27.3 Å². The number of hydrazine groups is 1. The number of aromatic nitrogens is 1. The third-order valence-corrected chi connectivity index (χ3v) is 4.83. The van der Waals surface area contributed by atoms with Gasteiger partial charge >= 0.3 is 0 Å². The van der Waals surface area contributed by atoms with Gasteiger partial charge in [0.2, 0.25) is 5.91 Å². The molecule has 2 N–H and O–H groups in total. The summed E-state index contributed by atoms with van der Waals surface area (Å²) >= 11 is 5.91. The SMILES string of the molecule is Cc1cc(C(=O)NNC(=O)Cc2c(F)cccc2Cl)c(C)n1-c1ccc(F)cc1. The van der Waals surface area contributed by atoms with Crippen LogP contribution in [0.4, 0.5) is 8.78 Å². The smallest absolute Gasteiger partial charge is 0.271 e. The van der Waals surface area contributed by atoms with E-state index in [-0.39, 0.29) is 22.8 Å². The molecule has 0 saturated heterocycles. The molecule has 0 radical (unpaired) electrons. The summed E-state index contributed by atoms with van der Waals surface area (Å²) in [6.45, 7) is 3.55. The first kappa shape index (κ1) is 20.5. The molecule has 2 aromatic carbocycles. The molecule has 0 atom stereocenters. The van der Waals surface area contributed by atoms with E-state index in [2.05, 4.69) is 10.9 Å². The fourth-order valence-electron chi connectivity index (χ4n) is 3.08. The molecule has 8 heteroatoms. The molecule has 3 aromatic rings. The lowest BCUT2D eigenvalue weighted by Gasteiger charge is -2.11. The molecule has 0 aliphatic heterocycles. The van der Waals surface area contributed by atoms with Crippen molar-refractivity contribution in [3.8, 4) is 5.69 Å². The van der Waals surface area contributed by atoms with Crippen molar-refractivity contribution in [3.63, 3.8) is 0 Å². The van der Waals surface area contributed by atoms with Crippen molar-refractivity contribution in [2.24, 2.45) is 0 Å². The lowest BCUT2D eigenvalue weighted by Crippen LogP contribution is -2.42. The Kier molecular flexibility index (Phi) is 5.98. The molecule has 0 aliphatic carbocycles. The van der Waals surface area contributed by atoms with Gasteiger partial charge in [-0.3, -0.25) is 20.4 Å². The van der Waals surface area contributed by atoms with Crippen molar-refractivity contribution in [3.05, 3.63) is 87.7 Å². The summed E-state index contributed by atoms with van der Waals surface area (Å²) in [5.74, 6) is -2.09. The maximum atomic E-state index is 13.8. The van der Waals surface area contributed by atoms with Crippen LogP contribution < -0.4 is 10.9 Å². The van der Waals surface area contributed by atoms with Crippen LogP contribution >= 0.6 is 11.6 Å². The number of carbonyl (C=O) groups excluding carboxylic acids is 2. The number of hydrogen-bond acceptors (Lipinski definition) is 2. The van der Waals surface area contributed by atoms with Crippen molar-refractivity contribution in [1.82, 2.24) is 15.4 Å². The van der Waals surface area contributed by atoms with E-state index in [1.165, 1.54) is 30.3 Å². The Labute approximate surface area is 171 Å². The molecule has 1 aromatic heterocycles. The Morgan fingerprint density at radius 1 is 1.03 bits per heavy atom. The zero-order chi connectivity index (χ0) is 21.1. The van der Waals surface area contributed by atoms with Crippen LogP contribution in [0.2, 0.25) is 5.02 Å². The average Bonchev–Trinajstić information content (AvgIpc) is 2.98. The predicted molar refractivity (Wildman–Crippen MR) is 106 cm³/mol. The Bertz CT molecular complexity index is 1060. The maximum absolute atomic E-state index is 13.8. The van der Waals surface area contributed by atoms with Crippen LogP contribution in [0.25, 0.3) is 5.69 Å².